The molecule has 0 aromatic heterocycles. The van der Waals surface area contributed by atoms with Crippen molar-refractivity contribution < 1.29 is 33.3 Å². The molecule has 0 atom stereocenters. The average molecular weight is 325 g/mol. The normalized spacial score (nSPS) is 9.65. The number of benzene rings is 1. The molecule has 1 aromatic carbocycles. The predicted molar refractivity (Wildman–Crippen MR) is 79.1 cm³/mol. The number of carbonyl (C=O) groups is 3. The Labute approximate surface area is 133 Å². The van der Waals surface area contributed by atoms with Gasteiger partial charge in [0.05, 0.1) is 19.3 Å². The largest absolute Gasteiger partial charge is 0.510 e. The lowest BCUT2D eigenvalue weighted by molar-refractivity contribution is 0.0496. The van der Waals surface area contributed by atoms with E-state index in [-0.39, 0.29) is 19.1 Å². The van der Waals surface area contributed by atoms with Crippen LogP contribution in [0.5, 0.6) is 5.75 Å². The molecule has 1 amide bonds. The maximum Gasteiger partial charge on any atom is 0.510 e. The van der Waals surface area contributed by atoms with E-state index in [9.17, 15) is 14.4 Å². The second kappa shape index (κ2) is 10.0. The van der Waals surface area contributed by atoms with Gasteiger partial charge in [0.1, 0.15) is 5.75 Å². The van der Waals surface area contributed by atoms with Crippen molar-refractivity contribution in [1.82, 2.24) is 5.32 Å². The lowest BCUT2D eigenvalue weighted by Crippen LogP contribution is -2.30. The third-order valence-electron chi connectivity index (χ3n) is 2.61. The second-order valence-corrected chi connectivity index (χ2v) is 4.32. The molecule has 0 bridgehead atoms. The van der Waals surface area contributed by atoms with E-state index >= 15 is 0 Å². The molecular formula is C15H19NO7. The summed E-state index contributed by atoms with van der Waals surface area (Å²) in [5.74, 6) is -0.267. The van der Waals surface area contributed by atoms with E-state index in [0.29, 0.717) is 5.56 Å². The van der Waals surface area contributed by atoms with Crippen LogP contribution in [0.25, 0.3) is 0 Å². The minimum absolute atomic E-state index is 0.223. The van der Waals surface area contributed by atoms with Gasteiger partial charge in [-0.25, -0.2) is 14.4 Å². The summed E-state index contributed by atoms with van der Waals surface area (Å²) < 4.78 is 18.8. The van der Waals surface area contributed by atoms with Crippen LogP contribution in [0.3, 0.4) is 0 Å². The van der Waals surface area contributed by atoms with Crippen molar-refractivity contribution in [3.05, 3.63) is 29.8 Å². The summed E-state index contributed by atoms with van der Waals surface area (Å²) in [5, 5.41) is 2.23. The molecule has 0 aliphatic heterocycles. The third-order valence-corrected chi connectivity index (χ3v) is 2.61. The van der Waals surface area contributed by atoms with Gasteiger partial charge in [-0.2, -0.15) is 0 Å². The summed E-state index contributed by atoms with van der Waals surface area (Å²) in [6.07, 6.45) is -0.0305. The molecule has 126 valence electrons. The van der Waals surface area contributed by atoms with Crippen LogP contribution >= 0.6 is 0 Å². The Morgan fingerprint density at radius 1 is 1.09 bits per heavy atom. The zero-order valence-electron chi connectivity index (χ0n) is 13.0. The van der Waals surface area contributed by atoms with E-state index in [1.54, 1.807) is 0 Å². The van der Waals surface area contributed by atoms with Crippen LogP contribution in [0.1, 0.15) is 30.1 Å². The molecule has 8 nitrogen and oxygen atoms in total. The predicted octanol–water partition coefficient (Wildman–Crippen LogP) is 2.47. The van der Waals surface area contributed by atoms with Gasteiger partial charge in [0.15, 0.2) is 6.73 Å². The molecule has 1 N–H and O–H groups in total. The highest BCUT2D eigenvalue weighted by Crippen LogP contribution is 2.12. The Bertz CT molecular complexity index is 527. The Morgan fingerprint density at radius 2 is 1.78 bits per heavy atom. The highest BCUT2D eigenvalue weighted by atomic mass is 16.7. The third kappa shape index (κ3) is 7.16. The number of rotatable bonds is 7. The summed E-state index contributed by atoms with van der Waals surface area (Å²) >= 11 is 0. The number of unbranched alkanes of at least 4 members (excludes halogenated alkanes) is 1. The molecule has 0 aliphatic rings. The minimum atomic E-state index is -0.860. The van der Waals surface area contributed by atoms with Gasteiger partial charge in [-0.15, -0.1) is 0 Å². The quantitative estimate of drug-likeness (QED) is 0.467. The fourth-order valence-corrected chi connectivity index (χ4v) is 1.42. The summed E-state index contributed by atoms with van der Waals surface area (Å²) in [5.41, 5.74) is 0.332. The standard InChI is InChI=1S/C15H19NO7/c1-3-4-9-21-15(19)22-10-16-14(18)23-12-7-5-11(6-8-12)13(17)20-2/h5-8H,3-4,9-10H2,1-2H3,(H,16,18). The van der Waals surface area contributed by atoms with Crippen molar-refractivity contribution in [3.8, 4) is 5.75 Å². The molecule has 0 fully saturated rings. The van der Waals surface area contributed by atoms with Gasteiger partial charge in [0.2, 0.25) is 0 Å². The van der Waals surface area contributed by atoms with E-state index in [1.807, 2.05) is 6.92 Å². The summed E-state index contributed by atoms with van der Waals surface area (Å²) in [7, 11) is 1.27. The number of hydrogen-bond donors (Lipinski definition) is 1. The molecular weight excluding hydrogens is 306 g/mol. The van der Waals surface area contributed by atoms with Crippen LogP contribution in [0.4, 0.5) is 9.59 Å². The van der Waals surface area contributed by atoms with E-state index in [1.165, 1.54) is 31.4 Å². The molecule has 0 radical (unpaired) electrons. The van der Waals surface area contributed by atoms with Crippen LogP contribution < -0.4 is 10.1 Å². The zero-order valence-corrected chi connectivity index (χ0v) is 13.0. The fourth-order valence-electron chi connectivity index (χ4n) is 1.42. The molecule has 0 heterocycles. The van der Waals surface area contributed by atoms with E-state index in [0.717, 1.165) is 12.8 Å². The number of methoxy groups -OCH3 is 1. The summed E-state index contributed by atoms with van der Waals surface area (Å²) in [4.78, 5) is 33.8. The first kappa shape index (κ1) is 18.3. The summed E-state index contributed by atoms with van der Waals surface area (Å²) in [6.45, 7) is 1.86. The zero-order chi connectivity index (χ0) is 17.1. The van der Waals surface area contributed by atoms with Gasteiger partial charge >= 0.3 is 18.2 Å². The smallest absolute Gasteiger partial charge is 0.465 e. The van der Waals surface area contributed by atoms with Crippen LogP contribution in [0.15, 0.2) is 24.3 Å². The van der Waals surface area contributed by atoms with E-state index in [2.05, 4.69) is 14.8 Å². The number of nitrogens with one attached hydrogen (secondary N) is 1. The van der Waals surface area contributed by atoms with Crippen LogP contribution in [-0.2, 0) is 14.2 Å². The van der Waals surface area contributed by atoms with Crippen molar-refractivity contribution >= 4 is 18.2 Å². The summed E-state index contributed by atoms with van der Waals surface area (Å²) in [6, 6.07) is 5.78. The molecule has 0 spiro atoms. The molecule has 0 saturated heterocycles. The van der Waals surface area contributed by atoms with Crippen molar-refractivity contribution in [2.24, 2.45) is 0 Å². The number of hydrogen-bond acceptors (Lipinski definition) is 7. The first-order valence-corrected chi connectivity index (χ1v) is 7.00. The molecule has 1 rings (SSSR count). The molecule has 0 saturated carbocycles. The van der Waals surface area contributed by atoms with E-state index < -0.39 is 18.2 Å². The topological polar surface area (TPSA) is 100 Å². The first-order chi connectivity index (χ1) is 11.1. The molecule has 23 heavy (non-hydrogen) atoms. The van der Waals surface area contributed by atoms with E-state index in [4.69, 9.17) is 9.47 Å². The SMILES string of the molecule is CCCCOC(=O)OCNC(=O)Oc1ccc(C(=O)OC)cc1. The Balaban J connectivity index is 2.28. The molecule has 8 heteroatoms. The average Bonchev–Trinajstić information content (AvgIpc) is 2.55. The Kier molecular flexibility index (Phi) is 7.98. The molecule has 0 unspecified atom stereocenters. The van der Waals surface area contributed by atoms with Crippen molar-refractivity contribution in [1.29, 1.82) is 0 Å². The Morgan fingerprint density at radius 3 is 2.39 bits per heavy atom. The monoisotopic (exact) mass is 325 g/mol. The number of esters is 1. The second-order valence-electron chi connectivity index (χ2n) is 4.32. The van der Waals surface area contributed by atoms with Crippen LogP contribution in [0.2, 0.25) is 0 Å². The van der Waals surface area contributed by atoms with Crippen molar-refractivity contribution in [3.63, 3.8) is 0 Å². The first-order valence-electron chi connectivity index (χ1n) is 7.00. The maximum atomic E-state index is 11.5. The Hall–Kier alpha value is -2.77. The van der Waals surface area contributed by atoms with Gasteiger partial charge < -0.3 is 18.9 Å². The van der Waals surface area contributed by atoms with Crippen molar-refractivity contribution in [2.75, 3.05) is 20.4 Å². The van der Waals surface area contributed by atoms with Gasteiger partial charge in [-0.05, 0) is 30.7 Å². The number of amides is 1. The lowest BCUT2D eigenvalue weighted by atomic mass is 10.2. The maximum absolute atomic E-state index is 11.5. The minimum Gasteiger partial charge on any atom is -0.465 e. The van der Waals surface area contributed by atoms with Gasteiger partial charge in [-0.1, -0.05) is 13.3 Å². The number of carbonyl (C=O) groups excluding carboxylic acids is 3. The highest BCUT2D eigenvalue weighted by Gasteiger charge is 2.09. The highest BCUT2D eigenvalue weighted by molar-refractivity contribution is 5.89. The van der Waals surface area contributed by atoms with Gasteiger partial charge in [0, 0.05) is 0 Å². The van der Waals surface area contributed by atoms with Crippen LogP contribution in [-0.4, -0.2) is 38.7 Å². The van der Waals surface area contributed by atoms with Gasteiger partial charge in [-0.3, -0.25) is 5.32 Å². The van der Waals surface area contributed by atoms with Gasteiger partial charge in [0.25, 0.3) is 0 Å². The lowest BCUT2D eigenvalue weighted by Gasteiger charge is -2.08. The molecule has 0 aliphatic carbocycles. The number of ether oxygens (including phenoxy) is 4. The fraction of sp³-hybridized carbons (Fsp3) is 0.400. The van der Waals surface area contributed by atoms with Crippen molar-refractivity contribution in [2.45, 2.75) is 19.8 Å². The van der Waals surface area contributed by atoms with Crippen LogP contribution in [0, 0.1) is 0 Å². The molecule has 1 aromatic rings.